The number of aryl methyl sites for hydroxylation is 3. The van der Waals surface area contributed by atoms with E-state index in [4.69, 9.17) is 11.6 Å². The highest BCUT2D eigenvalue weighted by Gasteiger charge is 2.22. The fourth-order valence-electron chi connectivity index (χ4n) is 5.06. The minimum Gasteiger partial charge on any atom is -0.377 e. The van der Waals surface area contributed by atoms with E-state index in [9.17, 15) is 18.4 Å². The first-order valence-corrected chi connectivity index (χ1v) is 12.9. The molecule has 0 aliphatic carbocycles. The van der Waals surface area contributed by atoms with Crippen molar-refractivity contribution in [1.29, 1.82) is 0 Å². The molecule has 5 aromatic rings. The fourth-order valence-corrected chi connectivity index (χ4v) is 5.21. The summed E-state index contributed by atoms with van der Waals surface area (Å²) in [4.78, 5) is 30.0. The predicted octanol–water partition coefficient (Wildman–Crippen LogP) is 5.53. The van der Waals surface area contributed by atoms with Crippen LogP contribution >= 0.6 is 11.6 Å². The molecule has 0 fully saturated rings. The van der Waals surface area contributed by atoms with E-state index >= 15 is 0 Å². The minimum absolute atomic E-state index is 0.149. The zero-order valence-corrected chi connectivity index (χ0v) is 22.6. The van der Waals surface area contributed by atoms with Crippen molar-refractivity contribution in [2.24, 2.45) is 7.05 Å². The van der Waals surface area contributed by atoms with Crippen LogP contribution in [0.4, 0.5) is 14.5 Å². The van der Waals surface area contributed by atoms with E-state index in [2.05, 4.69) is 15.4 Å². The Labute approximate surface area is 227 Å². The number of alkyl halides is 2. The zero-order chi connectivity index (χ0) is 28.0. The largest absolute Gasteiger partial charge is 0.377 e. The third-order valence-electron chi connectivity index (χ3n) is 6.80. The number of rotatable bonds is 7. The van der Waals surface area contributed by atoms with Gasteiger partial charge in [-0.15, -0.1) is 0 Å². The van der Waals surface area contributed by atoms with Gasteiger partial charge in [0.25, 0.3) is 12.0 Å². The topological polar surface area (TPSA) is 86.7 Å². The van der Waals surface area contributed by atoms with Gasteiger partial charge in [0.15, 0.2) is 0 Å². The van der Waals surface area contributed by atoms with Crippen LogP contribution in [0.25, 0.3) is 33.1 Å². The summed E-state index contributed by atoms with van der Waals surface area (Å²) in [5.74, 6) is 0. The molecule has 1 N–H and O–H groups in total. The maximum Gasteiger partial charge on any atom is 0.260 e. The molecule has 1 atom stereocenters. The summed E-state index contributed by atoms with van der Waals surface area (Å²) >= 11 is 6.23. The molecular weight excluding hydrogens is 526 g/mol. The summed E-state index contributed by atoms with van der Waals surface area (Å²) in [5.41, 5.74) is 3.30. The molecule has 1 unspecified atom stereocenters. The van der Waals surface area contributed by atoms with Crippen LogP contribution in [0, 0.1) is 6.92 Å². The van der Waals surface area contributed by atoms with Gasteiger partial charge in [-0.25, -0.2) is 18.4 Å². The Bertz CT molecular complexity index is 1840. The number of halogens is 3. The van der Waals surface area contributed by atoms with E-state index in [-0.39, 0.29) is 11.6 Å². The van der Waals surface area contributed by atoms with Gasteiger partial charge in [-0.3, -0.25) is 14.2 Å². The lowest BCUT2D eigenvalue weighted by Gasteiger charge is -2.22. The predicted molar refractivity (Wildman–Crippen MR) is 150 cm³/mol. The highest BCUT2D eigenvalue weighted by atomic mass is 35.5. The van der Waals surface area contributed by atoms with Crippen molar-refractivity contribution in [3.05, 3.63) is 85.8 Å². The van der Waals surface area contributed by atoms with E-state index in [0.717, 1.165) is 15.7 Å². The van der Waals surface area contributed by atoms with E-state index in [0.29, 0.717) is 50.4 Å². The molecule has 0 saturated carbocycles. The van der Waals surface area contributed by atoms with Crippen LogP contribution in [0.2, 0.25) is 5.15 Å². The molecule has 0 radical (unpaired) electrons. The van der Waals surface area contributed by atoms with Gasteiger partial charge in [0.2, 0.25) is 5.56 Å². The molecule has 0 spiro atoms. The van der Waals surface area contributed by atoms with E-state index < -0.39 is 18.5 Å². The molecule has 202 valence electrons. The first-order valence-electron chi connectivity index (χ1n) is 12.5. The Morgan fingerprint density at radius 1 is 1.10 bits per heavy atom. The van der Waals surface area contributed by atoms with Gasteiger partial charge in [-0.05, 0) is 56.2 Å². The summed E-state index contributed by atoms with van der Waals surface area (Å²) in [6, 6.07) is 10.0. The Morgan fingerprint density at radius 2 is 1.87 bits per heavy atom. The van der Waals surface area contributed by atoms with Crippen LogP contribution in [0.15, 0.2) is 58.4 Å². The average molecular weight is 553 g/mol. The van der Waals surface area contributed by atoms with Crippen molar-refractivity contribution < 1.29 is 8.78 Å². The number of aromatic nitrogens is 5. The molecular formula is C28H27ClF2N6O2. The van der Waals surface area contributed by atoms with Crippen LogP contribution < -0.4 is 16.4 Å². The second kappa shape index (κ2) is 10.3. The molecule has 4 heterocycles. The van der Waals surface area contributed by atoms with E-state index in [1.54, 1.807) is 42.3 Å². The Kier molecular flexibility index (Phi) is 6.98. The number of hydrogen-bond acceptors (Lipinski definition) is 5. The molecule has 1 aromatic carbocycles. The molecule has 0 aliphatic heterocycles. The van der Waals surface area contributed by atoms with Crippen LogP contribution in [0.5, 0.6) is 0 Å². The van der Waals surface area contributed by atoms with Crippen molar-refractivity contribution in [1.82, 2.24) is 23.9 Å². The number of pyridine rings is 3. The van der Waals surface area contributed by atoms with Gasteiger partial charge in [0, 0.05) is 53.6 Å². The van der Waals surface area contributed by atoms with Gasteiger partial charge in [-0.2, -0.15) is 5.10 Å². The van der Waals surface area contributed by atoms with Crippen molar-refractivity contribution >= 4 is 39.1 Å². The first kappa shape index (κ1) is 26.6. The molecule has 0 aliphatic rings. The summed E-state index contributed by atoms with van der Waals surface area (Å²) in [6.45, 7) is 5.38. The van der Waals surface area contributed by atoms with Crippen LogP contribution in [0.1, 0.15) is 31.0 Å². The monoisotopic (exact) mass is 552 g/mol. The second-order valence-electron chi connectivity index (χ2n) is 9.54. The molecule has 0 amide bonds. The SMILES string of the molecule is CCn1ncc2c3c(C(C)Nc4ccc(Cl)nc4-c4ccc(=O)n(C)c4)cc(C)cc3c(=O)n(CC(F)F)c21. The lowest BCUT2D eigenvalue weighted by molar-refractivity contribution is 0.126. The Hall–Kier alpha value is -4.05. The lowest BCUT2D eigenvalue weighted by atomic mass is 9.95. The molecule has 4 aromatic heterocycles. The number of nitrogens with one attached hydrogen (secondary N) is 1. The molecule has 0 saturated heterocycles. The number of hydrogen-bond donors (Lipinski definition) is 1. The fraction of sp³-hybridized carbons (Fsp3) is 0.286. The smallest absolute Gasteiger partial charge is 0.260 e. The molecule has 8 nitrogen and oxygen atoms in total. The van der Waals surface area contributed by atoms with E-state index in [1.807, 2.05) is 32.9 Å². The van der Waals surface area contributed by atoms with Gasteiger partial charge < -0.3 is 9.88 Å². The highest BCUT2D eigenvalue weighted by molar-refractivity contribution is 6.29. The highest BCUT2D eigenvalue weighted by Crippen LogP contribution is 2.35. The number of benzene rings is 1. The standard InChI is InChI=1S/C28H27ClF2N6O2/c1-5-37-27-20(12-32-37)25-18(10-15(2)11-19(25)28(39)36(27)14-23(30)31)16(3)33-21-7-8-22(29)34-26(21)17-6-9-24(38)35(4)13-17/h6-13,16,23,33H,5,14H2,1-4H3. The maximum atomic E-state index is 13.6. The van der Waals surface area contributed by atoms with Crippen molar-refractivity contribution in [3.63, 3.8) is 0 Å². The summed E-state index contributed by atoms with van der Waals surface area (Å²) in [5, 5.41) is 9.84. The number of nitrogens with zero attached hydrogens (tertiary/aromatic N) is 5. The third kappa shape index (κ3) is 4.80. The quantitative estimate of drug-likeness (QED) is 0.268. The Morgan fingerprint density at radius 3 is 2.56 bits per heavy atom. The van der Waals surface area contributed by atoms with Gasteiger partial charge in [0.1, 0.15) is 10.8 Å². The molecule has 5 rings (SSSR count). The minimum atomic E-state index is -2.69. The van der Waals surface area contributed by atoms with Crippen LogP contribution in [-0.2, 0) is 20.1 Å². The van der Waals surface area contributed by atoms with Gasteiger partial charge in [-0.1, -0.05) is 17.7 Å². The summed E-state index contributed by atoms with van der Waals surface area (Å²) in [7, 11) is 1.66. The zero-order valence-electron chi connectivity index (χ0n) is 21.9. The maximum absolute atomic E-state index is 13.6. The van der Waals surface area contributed by atoms with Crippen LogP contribution in [0.3, 0.4) is 0 Å². The first-order chi connectivity index (χ1) is 18.6. The number of anilines is 1. The van der Waals surface area contributed by atoms with Gasteiger partial charge >= 0.3 is 0 Å². The summed E-state index contributed by atoms with van der Waals surface area (Å²) < 4.78 is 31.2. The van der Waals surface area contributed by atoms with Crippen molar-refractivity contribution in [2.45, 2.75) is 46.3 Å². The van der Waals surface area contributed by atoms with Crippen LogP contribution in [-0.4, -0.2) is 30.3 Å². The molecule has 11 heteroatoms. The third-order valence-corrected chi connectivity index (χ3v) is 7.02. The summed E-state index contributed by atoms with van der Waals surface area (Å²) in [6.07, 6.45) is 0.628. The second-order valence-corrected chi connectivity index (χ2v) is 9.93. The molecule has 0 bridgehead atoms. The Balaban J connectivity index is 1.70. The molecule has 39 heavy (non-hydrogen) atoms. The normalized spacial score (nSPS) is 12.5. The lowest BCUT2D eigenvalue weighted by Crippen LogP contribution is -2.26. The van der Waals surface area contributed by atoms with Crippen molar-refractivity contribution in [3.8, 4) is 11.3 Å². The van der Waals surface area contributed by atoms with Crippen molar-refractivity contribution in [2.75, 3.05) is 5.32 Å². The average Bonchev–Trinajstić information content (AvgIpc) is 3.32. The van der Waals surface area contributed by atoms with E-state index in [1.165, 1.54) is 10.6 Å². The van der Waals surface area contributed by atoms with Gasteiger partial charge in [0.05, 0.1) is 24.1 Å². The number of fused-ring (bicyclic) bond motifs is 3.